The van der Waals surface area contributed by atoms with Gasteiger partial charge in [0, 0.05) is 36.4 Å². The van der Waals surface area contributed by atoms with Crippen LogP contribution < -0.4 is 5.32 Å². The lowest BCUT2D eigenvalue weighted by molar-refractivity contribution is -0.126. The molecule has 1 N–H and O–H groups in total. The molecule has 0 aliphatic carbocycles. The minimum absolute atomic E-state index is 0.0157. The molecule has 94 valence electrons. The number of hydrogen-bond donors (Lipinski definition) is 1. The normalized spacial score (nSPS) is 10.4. The van der Waals surface area contributed by atoms with Crippen LogP contribution in [0.4, 0.5) is 5.69 Å². The number of fused-ring (bicyclic) bond motifs is 1. The topological polar surface area (TPSA) is 45.2 Å². The molecule has 0 aliphatic rings. The molecule has 0 saturated heterocycles. The van der Waals surface area contributed by atoms with Crippen LogP contribution in [-0.2, 0) is 4.79 Å². The summed E-state index contributed by atoms with van der Waals surface area (Å²) in [6.07, 6.45) is 1.71. The van der Waals surface area contributed by atoms with Crippen molar-refractivity contribution in [2.24, 2.45) is 0 Å². The fourth-order valence-corrected chi connectivity index (χ4v) is 1.77. The molecule has 1 aromatic heterocycles. The van der Waals surface area contributed by atoms with Crippen LogP contribution in [0.2, 0.25) is 5.02 Å². The number of halogens is 1. The van der Waals surface area contributed by atoms with Crippen molar-refractivity contribution in [3.8, 4) is 0 Å². The SMILES string of the molecule is CN(C)C(=O)CNc1ccnc2ccc(Cl)cc12. The molecule has 0 bridgehead atoms. The van der Waals surface area contributed by atoms with Gasteiger partial charge in [-0.1, -0.05) is 11.6 Å². The summed E-state index contributed by atoms with van der Waals surface area (Å²) in [5, 5.41) is 4.67. The first-order chi connectivity index (χ1) is 8.58. The third-order valence-corrected chi connectivity index (χ3v) is 2.87. The Labute approximate surface area is 111 Å². The molecule has 2 rings (SSSR count). The second kappa shape index (κ2) is 5.23. The summed E-state index contributed by atoms with van der Waals surface area (Å²) in [6.45, 7) is 0.249. The Morgan fingerprint density at radius 1 is 1.39 bits per heavy atom. The number of aromatic nitrogens is 1. The number of amides is 1. The van der Waals surface area contributed by atoms with Crippen LogP contribution in [0, 0.1) is 0 Å². The monoisotopic (exact) mass is 263 g/mol. The van der Waals surface area contributed by atoms with Crippen LogP contribution >= 0.6 is 11.6 Å². The van der Waals surface area contributed by atoms with Gasteiger partial charge in [-0.05, 0) is 24.3 Å². The molecule has 0 aliphatic heterocycles. The second-order valence-electron chi connectivity index (χ2n) is 4.16. The van der Waals surface area contributed by atoms with Crippen LogP contribution in [0.25, 0.3) is 10.9 Å². The number of hydrogen-bond acceptors (Lipinski definition) is 3. The van der Waals surface area contributed by atoms with Crippen LogP contribution in [0.15, 0.2) is 30.5 Å². The van der Waals surface area contributed by atoms with Gasteiger partial charge < -0.3 is 10.2 Å². The van der Waals surface area contributed by atoms with Crippen LogP contribution in [0.5, 0.6) is 0 Å². The lowest BCUT2D eigenvalue weighted by atomic mass is 10.2. The van der Waals surface area contributed by atoms with Crippen molar-refractivity contribution < 1.29 is 4.79 Å². The predicted molar refractivity (Wildman–Crippen MR) is 73.9 cm³/mol. The fraction of sp³-hybridized carbons (Fsp3) is 0.231. The lowest BCUT2D eigenvalue weighted by Gasteiger charge is -2.13. The number of anilines is 1. The Kier molecular flexibility index (Phi) is 3.67. The van der Waals surface area contributed by atoms with E-state index in [-0.39, 0.29) is 12.5 Å². The van der Waals surface area contributed by atoms with Gasteiger partial charge in [-0.25, -0.2) is 0 Å². The van der Waals surface area contributed by atoms with Gasteiger partial charge in [0.15, 0.2) is 0 Å². The molecule has 1 amide bonds. The summed E-state index contributed by atoms with van der Waals surface area (Å²) in [6, 6.07) is 7.33. The van der Waals surface area contributed by atoms with E-state index in [1.54, 1.807) is 31.3 Å². The van der Waals surface area contributed by atoms with Crippen molar-refractivity contribution in [1.29, 1.82) is 0 Å². The minimum atomic E-state index is 0.0157. The Hall–Kier alpha value is -1.81. The van der Waals surface area contributed by atoms with Gasteiger partial charge in [0.1, 0.15) is 0 Å². The highest BCUT2D eigenvalue weighted by atomic mass is 35.5. The van der Waals surface area contributed by atoms with E-state index in [1.165, 1.54) is 0 Å². The van der Waals surface area contributed by atoms with Gasteiger partial charge >= 0.3 is 0 Å². The summed E-state index contributed by atoms with van der Waals surface area (Å²) < 4.78 is 0. The number of nitrogens with one attached hydrogen (secondary N) is 1. The summed E-state index contributed by atoms with van der Waals surface area (Å²) in [7, 11) is 3.46. The quantitative estimate of drug-likeness (QED) is 0.925. The van der Waals surface area contributed by atoms with Crippen LogP contribution in [-0.4, -0.2) is 36.4 Å². The third-order valence-electron chi connectivity index (χ3n) is 2.63. The zero-order valence-electron chi connectivity index (χ0n) is 10.3. The van der Waals surface area contributed by atoms with E-state index < -0.39 is 0 Å². The van der Waals surface area contributed by atoms with Crippen molar-refractivity contribution in [3.05, 3.63) is 35.5 Å². The number of nitrogens with zero attached hydrogens (tertiary/aromatic N) is 2. The number of benzene rings is 1. The van der Waals surface area contributed by atoms with Gasteiger partial charge in [0.25, 0.3) is 0 Å². The average molecular weight is 264 g/mol. The molecule has 2 aromatic rings. The van der Waals surface area contributed by atoms with Crippen LogP contribution in [0.1, 0.15) is 0 Å². The van der Waals surface area contributed by atoms with Crippen LogP contribution in [0.3, 0.4) is 0 Å². The molecule has 0 unspecified atom stereocenters. The molecule has 5 heteroatoms. The second-order valence-corrected chi connectivity index (χ2v) is 4.60. The number of carbonyl (C=O) groups is 1. The summed E-state index contributed by atoms with van der Waals surface area (Å²) in [5.41, 5.74) is 1.71. The molecule has 4 nitrogen and oxygen atoms in total. The lowest BCUT2D eigenvalue weighted by Crippen LogP contribution is -2.28. The number of carbonyl (C=O) groups excluding carboxylic acids is 1. The summed E-state index contributed by atoms with van der Waals surface area (Å²) in [4.78, 5) is 17.3. The van der Waals surface area contributed by atoms with Crippen molar-refractivity contribution >= 4 is 34.1 Å². The minimum Gasteiger partial charge on any atom is -0.376 e. The third kappa shape index (κ3) is 2.71. The predicted octanol–water partition coefficient (Wildman–Crippen LogP) is 2.39. The molecule has 0 atom stereocenters. The Morgan fingerprint density at radius 3 is 2.89 bits per heavy atom. The summed E-state index contributed by atoms with van der Waals surface area (Å²) >= 11 is 5.97. The number of likely N-dealkylation sites (N-methyl/N-ethyl adjacent to an activating group) is 1. The van der Waals surface area contributed by atoms with E-state index in [9.17, 15) is 4.79 Å². The molecule has 1 aromatic carbocycles. The highest BCUT2D eigenvalue weighted by molar-refractivity contribution is 6.31. The molecule has 0 spiro atoms. The van der Waals surface area contributed by atoms with Crippen molar-refractivity contribution in [1.82, 2.24) is 9.88 Å². The number of pyridine rings is 1. The molecular formula is C13H14ClN3O. The Bertz CT molecular complexity index is 583. The smallest absolute Gasteiger partial charge is 0.241 e. The first-order valence-electron chi connectivity index (χ1n) is 5.56. The van der Waals surface area contributed by atoms with E-state index in [0.717, 1.165) is 16.6 Å². The van der Waals surface area contributed by atoms with Gasteiger partial charge in [-0.15, -0.1) is 0 Å². The van der Waals surface area contributed by atoms with Crippen molar-refractivity contribution in [2.45, 2.75) is 0 Å². The van der Waals surface area contributed by atoms with Gasteiger partial charge in [-0.3, -0.25) is 9.78 Å². The van der Waals surface area contributed by atoms with E-state index in [1.807, 2.05) is 18.2 Å². The molecule has 1 heterocycles. The van der Waals surface area contributed by atoms with E-state index >= 15 is 0 Å². The van der Waals surface area contributed by atoms with E-state index in [4.69, 9.17) is 11.6 Å². The van der Waals surface area contributed by atoms with Crippen molar-refractivity contribution in [2.75, 3.05) is 26.0 Å². The Morgan fingerprint density at radius 2 is 2.17 bits per heavy atom. The molecule has 0 radical (unpaired) electrons. The maximum absolute atomic E-state index is 11.5. The highest BCUT2D eigenvalue weighted by Crippen LogP contribution is 2.24. The summed E-state index contributed by atoms with van der Waals surface area (Å²) in [5.74, 6) is 0.0157. The van der Waals surface area contributed by atoms with E-state index in [0.29, 0.717) is 5.02 Å². The zero-order chi connectivity index (χ0) is 13.1. The van der Waals surface area contributed by atoms with E-state index in [2.05, 4.69) is 10.3 Å². The molecule has 0 fully saturated rings. The first kappa shape index (κ1) is 12.6. The largest absolute Gasteiger partial charge is 0.376 e. The van der Waals surface area contributed by atoms with Gasteiger partial charge in [0.05, 0.1) is 12.1 Å². The Balaban J connectivity index is 2.28. The maximum Gasteiger partial charge on any atom is 0.241 e. The van der Waals surface area contributed by atoms with Gasteiger partial charge in [-0.2, -0.15) is 0 Å². The fourth-order valence-electron chi connectivity index (χ4n) is 1.60. The standard InChI is InChI=1S/C13H14ClN3O/c1-17(2)13(18)8-16-12-5-6-15-11-4-3-9(14)7-10(11)12/h3-7H,8H2,1-2H3,(H,15,16). The molecule has 0 saturated carbocycles. The number of rotatable bonds is 3. The maximum atomic E-state index is 11.5. The van der Waals surface area contributed by atoms with Crippen molar-refractivity contribution in [3.63, 3.8) is 0 Å². The highest BCUT2D eigenvalue weighted by Gasteiger charge is 2.06. The zero-order valence-corrected chi connectivity index (χ0v) is 11.0. The average Bonchev–Trinajstić information content (AvgIpc) is 2.35. The molecular weight excluding hydrogens is 250 g/mol. The first-order valence-corrected chi connectivity index (χ1v) is 5.94. The van der Waals surface area contributed by atoms with Gasteiger partial charge in [0.2, 0.25) is 5.91 Å². The molecule has 18 heavy (non-hydrogen) atoms.